The number of nitrogens with zero attached hydrogens (tertiary/aromatic N) is 2. The zero-order valence-corrected chi connectivity index (χ0v) is 7.29. The maximum atomic E-state index is 10.5. The third kappa shape index (κ3) is 1.96. The minimum atomic E-state index is -1.03. The quantitative estimate of drug-likeness (QED) is 0.335. The summed E-state index contributed by atoms with van der Waals surface area (Å²) in [6, 6.07) is 10.3. The first kappa shape index (κ1) is 9.93. The van der Waals surface area contributed by atoms with Gasteiger partial charge in [0, 0.05) is 5.56 Å². The van der Waals surface area contributed by atoms with Crippen molar-refractivity contribution in [2.24, 2.45) is 11.1 Å². The molecule has 0 aromatic heterocycles. The van der Waals surface area contributed by atoms with Crippen LogP contribution in [0.25, 0.3) is 0 Å². The van der Waals surface area contributed by atoms with Crippen LogP contribution < -0.4 is 0 Å². The average molecular weight is 188 g/mol. The molecule has 1 rings (SSSR count). The van der Waals surface area contributed by atoms with Crippen LogP contribution in [-0.4, -0.2) is 17.2 Å². The topological polar surface area (TPSA) is 73.5 Å². The van der Waals surface area contributed by atoms with Gasteiger partial charge in [-0.2, -0.15) is 5.26 Å². The second-order valence-corrected chi connectivity index (χ2v) is 2.59. The van der Waals surface area contributed by atoms with Crippen LogP contribution in [-0.2, 0) is 4.79 Å². The molecule has 70 valence electrons. The highest BCUT2D eigenvalue weighted by atomic mass is 16.4. The molecule has 1 N–H and O–H groups in total. The smallest absolute Gasteiger partial charge is 0.147 e. The number of hydrogen-bond donors (Lipinski definition) is 1. The van der Waals surface area contributed by atoms with E-state index in [1.807, 2.05) is 0 Å². The number of aldehydes is 1. The summed E-state index contributed by atoms with van der Waals surface area (Å²) in [4.78, 5) is 10.5. The van der Waals surface area contributed by atoms with E-state index in [-0.39, 0.29) is 5.71 Å². The summed E-state index contributed by atoms with van der Waals surface area (Å²) >= 11 is 0. The van der Waals surface area contributed by atoms with Gasteiger partial charge in [-0.1, -0.05) is 35.5 Å². The summed E-state index contributed by atoms with van der Waals surface area (Å²) in [5, 5.41) is 20.3. The summed E-state index contributed by atoms with van der Waals surface area (Å²) < 4.78 is 0. The fourth-order valence-electron chi connectivity index (χ4n) is 1.06. The molecule has 1 atom stereocenters. The maximum absolute atomic E-state index is 10.5. The summed E-state index contributed by atoms with van der Waals surface area (Å²) in [6.07, 6.45) is 0.446. The predicted molar refractivity (Wildman–Crippen MR) is 49.9 cm³/mol. The van der Waals surface area contributed by atoms with Crippen LogP contribution in [0.5, 0.6) is 0 Å². The molecule has 0 aliphatic carbocycles. The van der Waals surface area contributed by atoms with Crippen LogP contribution in [0, 0.1) is 17.2 Å². The molecule has 0 amide bonds. The summed E-state index contributed by atoms with van der Waals surface area (Å²) in [7, 11) is 0. The highest BCUT2D eigenvalue weighted by Gasteiger charge is 2.16. The Kier molecular flexibility index (Phi) is 3.39. The molecule has 1 aromatic carbocycles. The van der Waals surface area contributed by atoms with Gasteiger partial charge in [-0.15, -0.1) is 0 Å². The lowest BCUT2D eigenvalue weighted by Crippen LogP contribution is -2.15. The standard InChI is InChI=1S/C10H8N2O2/c11-6-9(7-13)10(12-14)8-4-2-1-3-5-8/h1-5,7,9,14H/b12-10+. The Morgan fingerprint density at radius 1 is 1.50 bits per heavy atom. The molecule has 0 bridgehead atoms. The Bertz CT molecular complexity index is 379. The Labute approximate surface area is 81.1 Å². The third-order valence-corrected chi connectivity index (χ3v) is 1.75. The Morgan fingerprint density at radius 2 is 2.14 bits per heavy atom. The third-order valence-electron chi connectivity index (χ3n) is 1.75. The van der Waals surface area contributed by atoms with Crippen molar-refractivity contribution < 1.29 is 10.0 Å². The largest absolute Gasteiger partial charge is 0.411 e. The van der Waals surface area contributed by atoms with Crippen LogP contribution in [0.3, 0.4) is 0 Å². The molecule has 0 fully saturated rings. The molecule has 1 unspecified atom stereocenters. The van der Waals surface area contributed by atoms with Crippen molar-refractivity contribution in [3.8, 4) is 6.07 Å². The zero-order chi connectivity index (χ0) is 10.4. The highest BCUT2D eigenvalue weighted by molar-refractivity contribution is 6.10. The van der Waals surface area contributed by atoms with Crippen LogP contribution in [0.15, 0.2) is 35.5 Å². The number of benzene rings is 1. The van der Waals surface area contributed by atoms with Gasteiger partial charge in [0.1, 0.15) is 17.9 Å². The van der Waals surface area contributed by atoms with Gasteiger partial charge in [0.25, 0.3) is 0 Å². The minimum absolute atomic E-state index is 0.0723. The first-order valence-corrected chi connectivity index (χ1v) is 3.95. The van der Waals surface area contributed by atoms with E-state index < -0.39 is 5.92 Å². The van der Waals surface area contributed by atoms with Crippen molar-refractivity contribution in [2.75, 3.05) is 0 Å². The fraction of sp³-hybridized carbons (Fsp3) is 0.100. The van der Waals surface area contributed by atoms with E-state index >= 15 is 0 Å². The number of hydrogen-bond acceptors (Lipinski definition) is 4. The van der Waals surface area contributed by atoms with Crippen LogP contribution in [0.1, 0.15) is 5.56 Å². The lowest BCUT2D eigenvalue weighted by atomic mass is 9.99. The second-order valence-electron chi connectivity index (χ2n) is 2.59. The Hall–Kier alpha value is -2.15. The molecule has 0 aliphatic heterocycles. The van der Waals surface area contributed by atoms with Crippen molar-refractivity contribution in [1.82, 2.24) is 0 Å². The summed E-state index contributed by atoms with van der Waals surface area (Å²) in [6.45, 7) is 0. The number of rotatable bonds is 3. The first-order valence-electron chi connectivity index (χ1n) is 3.95. The van der Waals surface area contributed by atoms with Gasteiger partial charge in [0.05, 0.1) is 6.07 Å². The van der Waals surface area contributed by atoms with E-state index in [0.717, 1.165) is 0 Å². The van der Waals surface area contributed by atoms with Crippen molar-refractivity contribution in [2.45, 2.75) is 0 Å². The number of nitriles is 1. The van der Waals surface area contributed by atoms with Gasteiger partial charge in [-0.25, -0.2) is 0 Å². The van der Waals surface area contributed by atoms with Gasteiger partial charge in [0.15, 0.2) is 0 Å². The normalized spacial score (nSPS) is 12.9. The van der Waals surface area contributed by atoms with Crippen molar-refractivity contribution in [3.05, 3.63) is 35.9 Å². The fourth-order valence-corrected chi connectivity index (χ4v) is 1.06. The van der Waals surface area contributed by atoms with Crippen LogP contribution in [0.4, 0.5) is 0 Å². The number of oxime groups is 1. The maximum Gasteiger partial charge on any atom is 0.147 e. The lowest BCUT2D eigenvalue weighted by Gasteiger charge is -2.03. The zero-order valence-electron chi connectivity index (χ0n) is 7.29. The average Bonchev–Trinajstić information content (AvgIpc) is 2.27. The van der Waals surface area contributed by atoms with Gasteiger partial charge in [-0.05, 0) is 0 Å². The van der Waals surface area contributed by atoms with E-state index in [4.69, 9.17) is 10.5 Å². The van der Waals surface area contributed by atoms with Crippen LogP contribution >= 0.6 is 0 Å². The molecule has 0 saturated heterocycles. The summed E-state index contributed by atoms with van der Waals surface area (Å²) in [5.74, 6) is -1.03. The second kappa shape index (κ2) is 4.77. The van der Waals surface area contributed by atoms with Gasteiger partial charge in [0.2, 0.25) is 0 Å². The molecule has 4 nitrogen and oxygen atoms in total. The molecule has 1 aromatic rings. The van der Waals surface area contributed by atoms with Crippen molar-refractivity contribution >= 4 is 12.0 Å². The predicted octanol–water partition coefficient (Wildman–Crippen LogP) is 1.20. The molecular weight excluding hydrogens is 180 g/mol. The molecule has 14 heavy (non-hydrogen) atoms. The van der Waals surface area contributed by atoms with Gasteiger partial charge < -0.3 is 10.0 Å². The molecule has 0 heterocycles. The first-order chi connectivity index (χ1) is 6.83. The van der Waals surface area contributed by atoms with E-state index in [2.05, 4.69) is 5.16 Å². The van der Waals surface area contributed by atoms with Crippen molar-refractivity contribution in [3.63, 3.8) is 0 Å². The van der Waals surface area contributed by atoms with E-state index in [1.165, 1.54) is 0 Å². The van der Waals surface area contributed by atoms with E-state index in [9.17, 15) is 4.79 Å². The highest BCUT2D eigenvalue weighted by Crippen LogP contribution is 2.07. The molecule has 0 aliphatic rings. The van der Waals surface area contributed by atoms with Crippen molar-refractivity contribution in [1.29, 1.82) is 5.26 Å². The molecular formula is C10H8N2O2. The molecule has 0 saturated carbocycles. The molecule has 0 radical (unpaired) electrons. The summed E-state index contributed by atoms with van der Waals surface area (Å²) in [5.41, 5.74) is 0.636. The molecule has 4 heteroatoms. The number of carbonyl (C=O) groups excluding carboxylic acids is 1. The van der Waals surface area contributed by atoms with Gasteiger partial charge in [-0.3, -0.25) is 0 Å². The monoisotopic (exact) mass is 188 g/mol. The lowest BCUT2D eigenvalue weighted by molar-refractivity contribution is -0.108. The number of carbonyl (C=O) groups is 1. The van der Waals surface area contributed by atoms with E-state index in [0.29, 0.717) is 11.8 Å². The Balaban J connectivity index is 3.07. The molecule has 0 spiro atoms. The Morgan fingerprint density at radius 3 is 2.57 bits per heavy atom. The minimum Gasteiger partial charge on any atom is -0.411 e. The van der Waals surface area contributed by atoms with Gasteiger partial charge >= 0.3 is 0 Å². The SMILES string of the molecule is N#CC(C=O)/C(=N/O)c1ccccc1. The van der Waals surface area contributed by atoms with Crippen LogP contribution in [0.2, 0.25) is 0 Å². The van der Waals surface area contributed by atoms with E-state index in [1.54, 1.807) is 36.4 Å².